The fourth-order valence-corrected chi connectivity index (χ4v) is 4.40. The number of halogens is 1. The lowest BCUT2D eigenvalue weighted by Crippen LogP contribution is -2.73. The lowest BCUT2D eigenvalue weighted by atomic mass is 9.80. The van der Waals surface area contributed by atoms with Gasteiger partial charge in [0.2, 0.25) is 0 Å². The average molecular weight is 531 g/mol. The normalized spacial score (nSPS) is 16.1. The molecule has 2 aliphatic heterocycles. The zero-order chi connectivity index (χ0) is 26.9. The first-order chi connectivity index (χ1) is 17.6. The summed E-state index contributed by atoms with van der Waals surface area (Å²) in [5.41, 5.74) is 0.315. The number of hydrogen-bond donors (Lipinski definition) is 0. The second-order valence-electron chi connectivity index (χ2n) is 10.2. The van der Waals surface area contributed by atoms with Crippen molar-refractivity contribution in [2.75, 3.05) is 19.6 Å². The van der Waals surface area contributed by atoms with Gasteiger partial charge in [0.05, 0.1) is 5.54 Å². The predicted octanol–water partition coefficient (Wildman–Crippen LogP) is 6.36. The molecule has 9 heteroatoms. The molecule has 37 heavy (non-hydrogen) atoms. The molecule has 2 fully saturated rings. The Bertz CT molecular complexity index is 1040. The first kappa shape index (κ1) is 28.3. The van der Waals surface area contributed by atoms with Crippen molar-refractivity contribution in [1.29, 1.82) is 0 Å². The molecule has 2 aromatic rings. The summed E-state index contributed by atoms with van der Waals surface area (Å²) in [5.74, 6) is 0. The highest BCUT2D eigenvalue weighted by molar-refractivity contribution is 6.61. The van der Waals surface area contributed by atoms with Gasteiger partial charge in [-0.05, 0) is 51.2 Å². The molecule has 8 nitrogen and oxygen atoms in total. The van der Waals surface area contributed by atoms with Crippen LogP contribution in [0.4, 0.5) is 14.4 Å². The first-order valence-corrected chi connectivity index (χ1v) is 12.8. The van der Waals surface area contributed by atoms with Crippen molar-refractivity contribution >= 4 is 29.2 Å². The topological polar surface area (TPSA) is 85.4 Å². The molecule has 0 bridgehead atoms. The minimum atomic E-state index is -0.770. The molecule has 1 spiro atoms. The van der Waals surface area contributed by atoms with Crippen LogP contribution in [0.1, 0.15) is 51.2 Å². The van der Waals surface area contributed by atoms with Crippen LogP contribution in [0.3, 0.4) is 0 Å². The molecule has 200 valence electrons. The molecule has 0 atom stereocenters. The summed E-state index contributed by atoms with van der Waals surface area (Å²) in [4.78, 5) is 38.5. The summed E-state index contributed by atoms with van der Waals surface area (Å²) in [6.45, 7) is 7.78. The average Bonchev–Trinajstić information content (AvgIpc) is 2.85. The van der Waals surface area contributed by atoms with Crippen LogP contribution in [-0.4, -0.2) is 58.2 Å². The Morgan fingerprint density at radius 3 is 1.89 bits per heavy atom. The summed E-state index contributed by atoms with van der Waals surface area (Å²) in [7, 11) is 0. The van der Waals surface area contributed by atoms with E-state index in [0.717, 1.165) is 30.4 Å². The third-order valence-corrected chi connectivity index (χ3v) is 6.20. The van der Waals surface area contributed by atoms with Crippen molar-refractivity contribution in [1.82, 2.24) is 9.80 Å². The number of benzene rings is 2. The van der Waals surface area contributed by atoms with Crippen LogP contribution >= 0.6 is 11.6 Å². The number of amides is 2. The van der Waals surface area contributed by atoms with E-state index in [1.54, 1.807) is 4.90 Å². The molecule has 0 N–H and O–H groups in total. The molecule has 0 unspecified atom stereocenters. The Labute approximate surface area is 223 Å². The molecule has 0 aliphatic carbocycles. The monoisotopic (exact) mass is 530 g/mol. The quantitative estimate of drug-likeness (QED) is 0.337. The van der Waals surface area contributed by atoms with Gasteiger partial charge in [0.1, 0.15) is 18.8 Å². The van der Waals surface area contributed by atoms with Crippen LogP contribution < -0.4 is 0 Å². The van der Waals surface area contributed by atoms with E-state index < -0.39 is 11.0 Å². The van der Waals surface area contributed by atoms with Crippen molar-refractivity contribution in [2.45, 2.75) is 64.4 Å². The molecule has 0 saturated carbocycles. The van der Waals surface area contributed by atoms with E-state index in [1.165, 1.54) is 0 Å². The Kier molecular flexibility index (Phi) is 9.80. The Morgan fingerprint density at radius 2 is 1.38 bits per heavy atom. The largest absolute Gasteiger partial charge is 0.449 e. The molecule has 2 aromatic carbocycles. The molecule has 4 rings (SSSR count). The second-order valence-corrected chi connectivity index (χ2v) is 10.5. The van der Waals surface area contributed by atoms with Crippen molar-refractivity contribution < 1.29 is 28.6 Å². The second kappa shape index (κ2) is 12.8. The maximum Gasteiger partial charge on any atom is 0.410 e. The van der Waals surface area contributed by atoms with Gasteiger partial charge >= 0.3 is 17.6 Å². The van der Waals surface area contributed by atoms with Gasteiger partial charge in [-0.25, -0.2) is 14.4 Å². The van der Waals surface area contributed by atoms with Gasteiger partial charge in [-0.15, -0.1) is 0 Å². The number of nitrogens with zero attached hydrogens (tertiary/aromatic N) is 2. The van der Waals surface area contributed by atoms with E-state index in [1.807, 2.05) is 86.3 Å². The van der Waals surface area contributed by atoms with Gasteiger partial charge in [-0.1, -0.05) is 60.7 Å². The number of carbonyl (C=O) groups is 3. The summed E-state index contributed by atoms with van der Waals surface area (Å²) in [6, 6.07) is 19.0. The number of ether oxygens (including phenoxy) is 3. The van der Waals surface area contributed by atoms with Crippen molar-refractivity contribution in [3.63, 3.8) is 0 Å². The van der Waals surface area contributed by atoms with Crippen LogP contribution in [0.15, 0.2) is 60.7 Å². The van der Waals surface area contributed by atoms with Crippen LogP contribution in [0.5, 0.6) is 0 Å². The number of carbonyl (C=O) groups excluding carboxylic acids is 3. The fraction of sp³-hybridized carbons (Fsp3) is 0.464. The predicted molar refractivity (Wildman–Crippen MR) is 140 cm³/mol. The minimum absolute atomic E-state index is 0.239. The molecule has 0 radical (unpaired) electrons. The van der Waals surface area contributed by atoms with Gasteiger partial charge in [-0.2, -0.15) is 0 Å². The Balaban J connectivity index is 0.000000289. The van der Waals surface area contributed by atoms with E-state index in [2.05, 4.69) is 4.74 Å². The molecular weight excluding hydrogens is 496 g/mol. The van der Waals surface area contributed by atoms with E-state index in [-0.39, 0.29) is 30.9 Å². The van der Waals surface area contributed by atoms with Gasteiger partial charge in [-0.3, -0.25) is 4.90 Å². The SMILES string of the molecule is CC(C)(C)OC(=O)N1CC2(CCCCN2C(=O)OCc2ccccc2)C1.O=C(Cl)OCc1ccccc1. The molecule has 2 aliphatic rings. The van der Waals surface area contributed by atoms with E-state index >= 15 is 0 Å². The molecule has 2 saturated heterocycles. The lowest BCUT2D eigenvalue weighted by Gasteiger charge is -2.56. The summed E-state index contributed by atoms with van der Waals surface area (Å²) >= 11 is 4.97. The zero-order valence-electron chi connectivity index (χ0n) is 21.7. The highest BCUT2D eigenvalue weighted by atomic mass is 35.5. The maximum atomic E-state index is 12.7. The van der Waals surface area contributed by atoms with Gasteiger partial charge in [0.25, 0.3) is 0 Å². The number of likely N-dealkylation sites (tertiary alicyclic amines) is 2. The fourth-order valence-electron chi connectivity index (χ4n) is 4.34. The van der Waals surface area contributed by atoms with Gasteiger partial charge < -0.3 is 19.1 Å². The number of hydrogen-bond acceptors (Lipinski definition) is 6. The molecule has 0 aromatic heterocycles. The smallest absolute Gasteiger partial charge is 0.410 e. The number of piperidine rings is 1. The Morgan fingerprint density at radius 1 is 0.838 bits per heavy atom. The standard InChI is InChI=1S/C20H28N2O4.C8H7ClO2/c1-19(2,3)26-17(23)21-14-20(15-21)11-7-8-12-22(20)18(24)25-13-16-9-5-4-6-10-16;9-8(10)11-6-7-4-2-1-3-5-7/h4-6,9-10H,7-8,11-15H2,1-3H3;1-5H,6H2. The van der Waals surface area contributed by atoms with Crippen LogP contribution in [0, 0.1) is 0 Å². The van der Waals surface area contributed by atoms with E-state index in [0.29, 0.717) is 19.6 Å². The third-order valence-electron chi connectivity index (χ3n) is 6.09. The van der Waals surface area contributed by atoms with Crippen molar-refractivity contribution in [3.8, 4) is 0 Å². The molecular formula is C28H35ClN2O6. The van der Waals surface area contributed by atoms with Crippen molar-refractivity contribution in [3.05, 3.63) is 71.8 Å². The first-order valence-electron chi connectivity index (χ1n) is 12.4. The van der Waals surface area contributed by atoms with E-state index in [4.69, 9.17) is 21.1 Å². The highest BCUT2D eigenvalue weighted by Gasteiger charge is 2.53. The maximum absolute atomic E-state index is 12.7. The van der Waals surface area contributed by atoms with Crippen LogP contribution in [-0.2, 0) is 27.4 Å². The summed E-state index contributed by atoms with van der Waals surface area (Å²) in [5, 5.41) is 0. The van der Waals surface area contributed by atoms with Crippen molar-refractivity contribution in [2.24, 2.45) is 0 Å². The van der Waals surface area contributed by atoms with Crippen LogP contribution in [0.2, 0.25) is 0 Å². The third kappa shape index (κ3) is 8.67. The highest BCUT2D eigenvalue weighted by Crippen LogP contribution is 2.37. The lowest BCUT2D eigenvalue weighted by molar-refractivity contribution is -0.0755. The van der Waals surface area contributed by atoms with Gasteiger partial charge in [0, 0.05) is 31.2 Å². The number of rotatable bonds is 4. The van der Waals surface area contributed by atoms with E-state index in [9.17, 15) is 14.4 Å². The minimum Gasteiger partial charge on any atom is -0.449 e. The summed E-state index contributed by atoms with van der Waals surface area (Å²) in [6.07, 6.45) is 2.31. The molecule has 2 amide bonds. The van der Waals surface area contributed by atoms with Crippen LogP contribution in [0.25, 0.3) is 0 Å². The van der Waals surface area contributed by atoms with Gasteiger partial charge in [0.15, 0.2) is 0 Å². The summed E-state index contributed by atoms with van der Waals surface area (Å²) < 4.78 is 15.5. The molecule has 2 heterocycles. The Hall–Kier alpha value is -3.26. The zero-order valence-corrected chi connectivity index (χ0v) is 22.4.